The Bertz CT molecular complexity index is 335. The van der Waals surface area contributed by atoms with Gasteiger partial charge >= 0.3 is 0 Å². The highest BCUT2D eigenvalue weighted by Gasteiger charge is 2.73. The largest absolute Gasteiger partial charge is 0.387 e. The van der Waals surface area contributed by atoms with Crippen LogP contribution in [0, 0.1) is 11.8 Å². The number of hydrogen-bond acceptors (Lipinski definition) is 4. The third-order valence-corrected chi connectivity index (χ3v) is 5.50. The summed E-state index contributed by atoms with van der Waals surface area (Å²) in [7, 11) is 0. The molecular formula is C19H38O4. The predicted molar refractivity (Wildman–Crippen MR) is 92.8 cm³/mol. The fraction of sp³-hybridized carbons (Fsp3) is 1.00. The molecule has 0 bridgehead atoms. The molecule has 1 saturated heterocycles. The van der Waals surface area contributed by atoms with Gasteiger partial charge in [0, 0.05) is 6.42 Å². The zero-order valence-corrected chi connectivity index (χ0v) is 15.6. The van der Waals surface area contributed by atoms with Gasteiger partial charge < -0.3 is 20.1 Å². The molecule has 0 spiro atoms. The molecule has 5 unspecified atom stereocenters. The van der Waals surface area contributed by atoms with Crippen molar-refractivity contribution in [3.63, 3.8) is 0 Å². The number of rotatable bonds is 13. The number of unbranched alkanes of at least 4 members (excludes halogenated alkanes) is 2. The molecule has 3 N–H and O–H groups in total. The van der Waals surface area contributed by atoms with Gasteiger partial charge in [0.25, 0.3) is 5.79 Å². The first-order chi connectivity index (χ1) is 10.9. The highest BCUT2D eigenvalue weighted by molar-refractivity contribution is 5.06. The zero-order valence-electron chi connectivity index (χ0n) is 15.6. The molecule has 1 aliphatic heterocycles. The maximum Gasteiger partial charge on any atom is 0.250 e. The molecule has 0 aromatic rings. The molecule has 23 heavy (non-hydrogen) atoms. The van der Waals surface area contributed by atoms with E-state index in [0.29, 0.717) is 24.7 Å². The minimum atomic E-state index is -1.77. The van der Waals surface area contributed by atoms with Gasteiger partial charge in [-0.1, -0.05) is 79.1 Å². The first-order valence-corrected chi connectivity index (χ1v) is 9.69. The van der Waals surface area contributed by atoms with Gasteiger partial charge in [0.1, 0.15) is 6.10 Å². The first-order valence-electron chi connectivity index (χ1n) is 9.69. The summed E-state index contributed by atoms with van der Waals surface area (Å²) < 4.78 is 5.28. The molecule has 138 valence electrons. The fourth-order valence-electron chi connectivity index (χ4n) is 3.54. The molecule has 5 atom stereocenters. The van der Waals surface area contributed by atoms with Gasteiger partial charge in [-0.05, 0) is 18.3 Å². The van der Waals surface area contributed by atoms with Gasteiger partial charge in [0.15, 0.2) is 0 Å². The van der Waals surface area contributed by atoms with Gasteiger partial charge in [-0.3, -0.25) is 0 Å². The van der Waals surface area contributed by atoms with Crippen LogP contribution in [0.2, 0.25) is 0 Å². The van der Waals surface area contributed by atoms with Crippen LogP contribution in [0.15, 0.2) is 0 Å². The maximum atomic E-state index is 10.5. The van der Waals surface area contributed by atoms with Gasteiger partial charge in [-0.2, -0.15) is 0 Å². The minimum absolute atomic E-state index is 0.322. The third kappa shape index (κ3) is 5.42. The fourth-order valence-corrected chi connectivity index (χ4v) is 3.54. The summed E-state index contributed by atoms with van der Waals surface area (Å²) in [4.78, 5) is 0. The number of hydrogen-bond donors (Lipinski definition) is 3. The molecule has 0 aliphatic carbocycles. The van der Waals surface area contributed by atoms with E-state index in [1.165, 1.54) is 0 Å². The quantitative estimate of drug-likeness (QED) is 0.447. The molecule has 1 aliphatic rings. The highest BCUT2D eigenvalue weighted by atomic mass is 16.8. The van der Waals surface area contributed by atoms with E-state index in [1.54, 1.807) is 0 Å². The van der Waals surface area contributed by atoms with Crippen LogP contribution in [0.5, 0.6) is 0 Å². The summed E-state index contributed by atoms with van der Waals surface area (Å²) in [6.45, 7) is 8.51. The molecule has 1 rings (SSSR count). The van der Waals surface area contributed by atoms with E-state index in [1.807, 2.05) is 0 Å². The van der Waals surface area contributed by atoms with Crippen LogP contribution >= 0.6 is 0 Å². The molecule has 0 radical (unpaired) electrons. The Labute approximate surface area is 142 Å². The Morgan fingerprint density at radius 3 is 1.87 bits per heavy atom. The topological polar surface area (TPSA) is 73.2 Å². The summed E-state index contributed by atoms with van der Waals surface area (Å²) >= 11 is 0. The van der Waals surface area contributed by atoms with Crippen LogP contribution in [0.3, 0.4) is 0 Å². The van der Waals surface area contributed by atoms with Crippen molar-refractivity contribution in [2.45, 2.75) is 110 Å². The monoisotopic (exact) mass is 330 g/mol. The van der Waals surface area contributed by atoms with Crippen LogP contribution in [0.25, 0.3) is 0 Å². The second-order valence-electron chi connectivity index (χ2n) is 7.37. The van der Waals surface area contributed by atoms with E-state index in [0.717, 1.165) is 51.4 Å². The Morgan fingerprint density at radius 2 is 1.39 bits per heavy atom. The van der Waals surface area contributed by atoms with E-state index in [-0.39, 0.29) is 0 Å². The van der Waals surface area contributed by atoms with Crippen molar-refractivity contribution in [1.82, 2.24) is 0 Å². The third-order valence-electron chi connectivity index (χ3n) is 5.50. The van der Waals surface area contributed by atoms with Crippen molar-refractivity contribution >= 4 is 0 Å². The minimum Gasteiger partial charge on any atom is -0.387 e. The van der Waals surface area contributed by atoms with Crippen molar-refractivity contribution < 1.29 is 20.1 Å². The highest BCUT2D eigenvalue weighted by Crippen LogP contribution is 2.52. The lowest BCUT2D eigenvalue weighted by atomic mass is 9.86. The Balaban J connectivity index is 2.55. The summed E-state index contributed by atoms with van der Waals surface area (Å²) in [5.74, 6) is -2.65. The lowest BCUT2D eigenvalue weighted by Gasteiger charge is -2.23. The van der Waals surface area contributed by atoms with Crippen molar-refractivity contribution in [2.75, 3.05) is 0 Å². The Hall–Kier alpha value is -0.160. The van der Waals surface area contributed by atoms with Gasteiger partial charge in [-0.25, -0.2) is 0 Å². The molecule has 0 aromatic carbocycles. The van der Waals surface area contributed by atoms with Crippen LogP contribution in [0.4, 0.5) is 0 Å². The summed E-state index contributed by atoms with van der Waals surface area (Å²) in [5.41, 5.74) is 0. The molecular weight excluding hydrogens is 292 g/mol. The van der Waals surface area contributed by atoms with Crippen LogP contribution in [-0.4, -0.2) is 33.0 Å². The Morgan fingerprint density at radius 1 is 0.870 bits per heavy atom. The Kier molecular flexibility index (Phi) is 8.50. The van der Waals surface area contributed by atoms with E-state index in [2.05, 4.69) is 27.7 Å². The van der Waals surface area contributed by atoms with E-state index >= 15 is 0 Å². The molecule has 1 heterocycles. The first kappa shape index (κ1) is 20.9. The van der Waals surface area contributed by atoms with E-state index < -0.39 is 17.7 Å². The molecule has 0 aromatic heterocycles. The van der Waals surface area contributed by atoms with E-state index in [9.17, 15) is 15.3 Å². The summed E-state index contributed by atoms with van der Waals surface area (Å²) in [6, 6.07) is 0. The number of ether oxygens (including phenoxy) is 1. The molecule has 0 saturated carbocycles. The summed E-state index contributed by atoms with van der Waals surface area (Å²) in [6.07, 6.45) is 8.37. The van der Waals surface area contributed by atoms with Crippen molar-refractivity contribution in [3.8, 4) is 0 Å². The van der Waals surface area contributed by atoms with Crippen LogP contribution in [0.1, 0.15) is 91.9 Å². The number of aliphatic hydroxyl groups is 3. The van der Waals surface area contributed by atoms with E-state index in [4.69, 9.17) is 4.74 Å². The normalized spacial score (nSPS) is 30.9. The van der Waals surface area contributed by atoms with Gasteiger partial charge in [0.05, 0.1) is 0 Å². The van der Waals surface area contributed by atoms with Crippen molar-refractivity contribution in [3.05, 3.63) is 0 Å². The SMILES string of the molecule is CCCCC(CC)CC(O)C1(O)OC1(O)CC(CC)CCCC. The maximum absolute atomic E-state index is 10.5. The van der Waals surface area contributed by atoms with Crippen LogP contribution < -0.4 is 0 Å². The second-order valence-corrected chi connectivity index (χ2v) is 7.37. The number of aliphatic hydroxyl groups excluding tert-OH is 1. The smallest absolute Gasteiger partial charge is 0.250 e. The zero-order chi connectivity index (χ0) is 17.5. The average molecular weight is 331 g/mol. The lowest BCUT2D eigenvalue weighted by Crippen LogP contribution is -2.40. The molecule has 4 nitrogen and oxygen atoms in total. The van der Waals surface area contributed by atoms with Gasteiger partial charge in [-0.15, -0.1) is 0 Å². The van der Waals surface area contributed by atoms with Gasteiger partial charge in [0.2, 0.25) is 5.79 Å². The average Bonchev–Trinajstić information content (AvgIpc) is 3.10. The predicted octanol–water partition coefficient (Wildman–Crippen LogP) is 3.97. The molecule has 1 fully saturated rings. The van der Waals surface area contributed by atoms with Crippen LogP contribution in [-0.2, 0) is 4.74 Å². The standard InChI is InChI=1S/C19H38O4/c1-5-9-11-15(7-3)13-17(20)19(22)18(21,23-19)14-16(8-4)12-10-6-2/h15-17,20-22H,5-14H2,1-4H3. The summed E-state index contributed by atoms with van der Waals surface area (Å²) in [5, 5.41) is 31.5. The molecule has 4 heteroatoms. The van der Waals surface area contributed by atoms with Crippen molar-refractivity contribution in [1.29, 1.82) is 0 Å². The number of epoxide rings is 1. The second kappa shape index (κ2) is 9.36. The van der Waals surface area contributed by atoms with Crippen molar-refractivity contribution in [2.24, 2.45) is 11.8 Å². The lowest BCUT2D eigenvalue weighted by molar-refractivity contribution is -0.0904. The molecule has 0 amide bonds.